The van der Waals surface area contributed by atoms with Crippen molar-refractivity contribution in [3.63, 3.8) is 0 Å². The number of hydrogen-bond acceptors (Lipinski definition) is 4. The van der Waals surface area contributed by atoms with Crippen LogP contribution in [0, 0.1) is 0 Å². The molecule has 0 aliphatic carbocycles. The summed E-state index contributed by atoms with van der Waals surface area (Å²) < 4.78 is 7.71. The minimum absolute atomic E-state index is 0.111. The SMILES string of the molecule is CC(C)(C)c1ccc(-c2nnc(SCc3ccc(Cl)cc3)n2Cc2ccco2)cc1. The predicted octanol–water partition coefficient (Wildman–Crippen LogP) is 6.83. The van der Waals surface area contributed by atoms with E-state index >= 15 is 0 Å². The van der Waals surface area contributed by atoms with Gasteiger partial charge in [-0.1, -0.05) is 80.5 Å². The van der Waals surface area contributed by atoms with Crippen LogP contribution in [0.1, 0.15) is 37.7 Å². The molecule has 0 N–H and O–H groups in total. The van der Waals surface area contributed by atoms with E-state index in [9.17, 15) is 0 Å². The molecule has 0 saturated heterocycles. The van der Waals surface area contributed by atoms with Crippen LogP contribution in [0.25, 0.3) is 11.4 Å². The van der Waals surface area contributed by atoms with Crippen LogP contribution < -0.4 is 0 Å². The van der Waals surface area contributed by atoms with Crippen LogP contribution >= 0.6 is 23.4 Å². The highest BCUT2D eigenvalue weighted by Crippen LogP contribution is 2.30. The molecule has 0 radical (unpaired) electrons. The molecule has 0 fully saturated rings. The van der Waals surface area contributed by atoms with E-state index in [0.29, 0.717) is 6.54 Å². The smallest absolute Gasteiger partial charge is 0.192 e. The van der Waals surface area contributed by atoms with E-state index in [1.165, 1.54) is 11.1 Å². The molecule has 0 saturated carbocycles. The van der Waals surface area contributed by atoms with Gasteiger partial charge in [0.2, 0.25) is 0 Å². The molecule has 0 aliphatic heterocycles. The Balaban J connectivity index is 1.63. The number of rotatable bonds is 6. The van der Waals surface area contributed by atoms with E-state index < -0.39 is 0 Å². The molecule has 30 heavy (non-hydrogen) atoms. The van der Waals surface area contributed by atoms with Gasteiger partial charge in [0, 0.05) is 16.3 Å². The van der Waals surface area contributed by atoms with Crippen LogP contribution in [-0.4, -0.2) is 14.8 Å². The second-order valence-corrected chi connectivity index (χ2v) is 9.59. The van der Waals surface area contributed by atoms with Gasteiger partial charge in [-0.3, -0.25) is 4.57 Å². The first kappa shape index (κ1) is 20.8. The summed E-state index contributed by atoms with van der Waals surface area (Å²) in [6, 6.07) is 20.3. The monoisotopic (exact) mass is 437 g/mol. The summed E-state index contributed by atoms with van der Waals surface area (Å²) in [4.78, 5) is 0. The van der Waals surface area contributed by atoms with Crippen LogP contribution in [-0.2, 0) is 17.7 Å². The van der Waals surface area contributed by atoms with E-state index in [2.05, 4.69) is 59.8 Å². The first-order valence-corrected chi connectivity index (χ1v) is 11.2. The van der Waals surface area contributed by atoms with Crippen molar-refractivity contribution in [2.45, 2.75) is 43.6 Å². The Morgan fingerprint density at radius 3 is 2.33 bits per heavy atom. The van der Waals surface area contributed by atoms with Crippen LogP contribution in [0.3, 0.4) is 0 Å². The lowest BCUT2D eigenvalue weighted by atomic mass is 9.87. The van der Waals surface area contributed by atoms with Gasteiger partial charge >= 0.3 is 0 Å². The number of halogens is 1. The summed E-state index contributed by atoms with van der Waals surface area (Å²) in [5.41, 5.74) is 3.63. The number of benzene rings is 2. The van der Waals surface area contributed by atoms with E-state index in [1.54, 1.807) is 18.0 Å². The highest BCUT2D eigenvalue weighted by molar-refractivity contribution is 7.98. The maximum atomic E-state index is 6.00. The number of aromatic nitrogens is 3. The molecular formula is C24H24ClN3OS. The lowest BCUT2D eigenvalue weighted by Gasteiger charge is -2.19. The van der Waals surface area contributed by atoms with Gasteiger partial charge in [0.1, 0.15) is 5.76 Å². The molecule has 0 unspecified atom stereocenters. The van der Waals surface area contributed by atoms with Gasteiger partial charge in [0.05, 0.1) is 12.8 Å². The van der Waals surface area contributed by atoms with Gasteiger partial charge in [0.25, 0.3) is 0 Å². The third-order valence-electron chi connectivity index (χ3n) is 4.90. The molecule has 4 rings (SSSR count). The van der Waals surface area contributed by atoms with Gasteiger partial charge < -0.3 is 4.42 Å². The second kappa shape index (κ2) is 8.70. The average molecular weight is 438 g/mol. The van der Waals surface area contributed by atoms with Crippen LogP contribution in [0.5, 0.6) is 0 Å². The second-order valence-electron chi connectivity index (χ2n) is 8.21. The van der Waals surface area contributed by atoms with E-state index in [4.69, 9.17) is 16.0 Å². The molecule has 0 aliphatic rings. The third-order valence-corrected chi connectivity index (χ3v) is 6.19. The van der Waals surface area contributed by atoms with Crippen molar-refractivity contribution in [3.8, 4) is 11.4 Å². The van der Waals surface area contributed by atoms with Gasteiger partial charge in [-0.15, -0.1) is 10.2 Å². The molecule has 2 aromatic carbocycles. The molecule has 6 heteroatoms. The summed E-state index contributed by atoms with van der Waals surface area (Å²) in [6.07, 6.45) is 1.69. The molecule has 0 amide bonds. The van der Waals surface area contributed by atoms with Crippen molar-refractivity contribution < 1.29 is 4.42 Å². The Morgan fingerprint density at radius 1 is 0.967 bits per heavy atom. The van der Waals surface area contributed by atoms with Crippen LogP contribution in [0.4, 0.5) is 0 Å². The topological polar surface area (TPSA) is 43.9 Å². The highest BCUT2D eigenvalue weighted by Gasteiger charge is 2.18. The minimum Gasteiger partial charge on any atom is -0.467 e. The molecule has 0 atom stereocenters. The normalized spacial score (nSPS) is 11.7. The maximum Gasteiger partial charge on any atom is 0.192 e. The molecule has 2 heterocycles. The number of thioether (sulfide) groups is 1. The number of nitrogens with zero attached hydrogens (tertiary/aromatic N) is 3. The van der Waals surface area contributed by atoms with E-state index in [-0.39, 0.29) is 5.41 Å². The van der Waals surface area contributed by atoms with Gasteiger partial charge in [-0.25, -0.2) is 0 Å². The van der Waals surface area contributed by atoms with Crippen molar-refractivity contribution in [2.24, 2.45) is 0 Å². The van der Waals surface area contributed by atoms with Crippen LogP contribution in [0.15, 0.2) is 76.5 Å². The van der Waals surface area contributed by atoms with Crippen molar-refractivity contribution in [3.05, 3.63) is 88.8 Å². The first-order chi connectivity index (χ1) is 14.4. The van der Waals surface area contributed by atoms with Crippen molar-refractivity contribution >= 4 is 23.4 Å². The van der Waals surface area contributed by atoms with Gasteiger partial charge in [-0.05, 0) is 40.8 Å². The molecular weight excluding hydrogens is 414 g/mol. The molecule has 4 nitrogen and oxygen atoms in total. The highest BCUT2D eigenvalue weighted by atomic mass is 35.5. The predicted molar refractivity (Wildman–Crippen MR) is 123 cm³/mol. The Bertz CT molecular complexity index is 1100. The largest absolute Gasteiger partial charge is 0.467 e. The molecule has 0 spiro atoms. The van der Waals surface area contributed by atoms with Crippen molar-refractivity contribution in [1.29, 1.82) is 0 Å². The summed E-state index contributed by atoms with van der Waals surface area (Å²) in [5, 5.41) is 10.6. The summed E-state index contributed by atoms with van der Waals surface area (Å²) in [7, 11) is 0. The zero-order valence-electron chi connectivity index (χ0n) is 17.3. The molecule has 0 bridgehead atoms. The standard InChI is InChI=1S/C24H24ClN3OS/c1-24(2,3)19-10-8-18(9-11-19)22-26-27-23(28(22)15-21-5-4-14-29-21)30-16-17-6-12-20(25)13-7-17/h4-14H,15-16H2,1-3H3. The van der Waals surface area contributed by atoms with Crippen molar-refractivity contribution in [1.82, 2.24) is 14.8 Å². The van der Waals surface area contributed by atoms with E-state index in [1.807, 2.05) is 36.4 Å². The molecule has 154 valence electrons. The Kier molecular flexibility index (Phi) is 6.02. The Morgan fingerprint density at radius 2 is 1.70 bits per heavy atom. The Labute approximate surface area is 186 Å². The zero-order chi connectivity index (χ0) is 21.1. The Hall–Kier alpha value is -2.50. The first-order valence-electron chi connectivity index (χ1n) is 9.84. The number of hydrogen-bond donors (Lipinski definition) is 0. The van der Waals surface area contributed by atoms with Gasteiger partial charge in [-0.2, -0.15) is 0 Å². The quantitative estimate of drug-likeness (QED) is 0.310. The summed E-state index contributed by atoms with van der Waals surface area (Å²) in [6.45, 7) is 7.23. The lowest BCUT2D eigenvalue weighted by Crippen LogP contribution is -2.10. The summed E-state index contributed by atoms with van der Waals surface area (Å²) in [5.74, 6) is 2.50. The fraction of sp³-hybridized carbons (Fsp3) is 0.250. The fourth-order valence-corrected chi connectivity index (χ4v) is 4.18. The molecule has 4 aromatic rings. The minimum atomic E-state index is 0.111. The number of furan rings is 1. The van der Waals surface area contributed by atoms with Gasteiger partial charge in [0.15, 0.2) is 11.0 Å². The average Bonchev–Trinajstić information content (AvgIpc) is 3.38. The van der Waals surface area contributed by atoms with E-state index in [0.717, 1.165) is 33.1 Å². The zero-order valence-corrected chi connectivity index (χ0v) is 18.9. The van der Waals surface area contributed by atoms with Crippen molar-refractivity contribution in [2.75, 3.05) is 0 Å². The summed E-state index contributed by atoms with van der Waals surface area (Å²) >= 11 is 7.66. The van der Waals surface area contributed by atoms with Crippen LogP contribution in [0.2, 0.25) is 5.02 Å². The fourth-order valence-electron chi connectivity index (χ4n) is 3.16. The third kappa shape index (κ3) is 4.79. The maximum absolute atomic E-state index is 6.00. The lowest BCUT2D eigenvalue weighted by molar-refractivity contribution is 0.485. The molecule has 2 aromatic heterocycles.